The number of hydrogen-bond acceptors (Lipinski definition) is 4. The number of para-hydroxylation sites is 2. The van der Waals surface area contributed by atoms with Crippen molar-refractivity contribution in [2.45, 2.75) is 6.54 Å². The minimum atomic E-state index is -3.23. The van der Waals surface area contributed by atoms with Crippen molar-refractivity contribution in [2.24, 2.45) is 7.05 Å². The number of nitrogens with zero attached hydrogens (tertiary/aromatic N) is 4. The van der Waals surface area contributed by atoms with Crippen LogP contribution in [0.3, 0.4) is 0 Å². The normalized spacial score (nSPS) is 16.7. The standard InChI is InChI=1S/C15H20N4O4S/c1-16-12-5-3-4-6-13(12)19(15(16)21)11-14(20)17-7-9-18(10-8-17)24(2,22)23/h3-6H,7-11H2,1-2H3. The van der Waals surface area contributed by atoms with Gasteiger partial charge in [-0.15, -0.1) is 0 Å². The molecule has 1 aliphatic rings. The molecule has 0 spiro atoms. The molecular weight excluding hydrogens is 332 g/mol. The highest BCUT2D eigenvalue weighted by Gasteiger charge is 2.26. The Morgan fingerprint density at radius 2 is 1.67 bits per heavy atom. The summed E-state index contributed by atoms with van der Waals surface area (Å²) in [6.07, 6.45) is 1.17. The number of benzene rings is 1. The van der Waals surface area contributed by atoms with Gasteiger partial charge in [-0.2, -0.15) is 4.31 Å². The molecule has 1 aliphatic heterocycles. The molecule has 0 aliphatic carbocycles. The second kappa shape index (κ2) is 6.06. The van der Waals surface area contributed by atoms with Crippen molar-refractivity contribution >= 4 is 27.0 Å². The van der Waals surface area contributed by atoms with E-state index in [0.29, 0.717) is 18.6 Å². The van der Waals surface area contributed by atoms with Crippen molar-refractivity contribution in [1.82, 2.24) is 18.3 Å². The van der Waals surface area contributed by atoms with Gasteiger partial charge in [-0.05, 0) is 12.1 Å². The third kappa shape index (κ3) is 2.96. The van der Waals surface area contributed by atoms with Gasteiger partial charge in [0.2, 0.25) is 15.9 Å². The summed E-state index contributed by atoms with van der Waals surface area (Å²) in [5.41, 5.74) is 1.25. The van der Waals surface area contributed by atoms with Gasteiger partial charge in [0.15, 0.2) is 0 Å². The van der Waals surface area contributed by atoms with Crippen molar-refractivity contribution in [3.63, 3.8) is 0 Å². The van der Waals surface area contributed by atoms with Crippen LogP contribution in [0.1, 0.15) is 0 Å². The average molecular weight is 352 g/mol. The van der Waals surface area contributed by atoms with Crippen molar-refractivity contribution in [3.8, 4) is 0 Å². The Morgan fingerprint density at radius 1 is 1.08 bits per heavy atom. The smallest absolute Gasteiger partial charge is 0.329 e. The third-order valence-electron chi connectivity index (χ3n) is 4.41. The monoisotopic (exact) mass is 352 g/mol. The molecule has 8 nitrogen and oxygen atoms in total. The largest absolute Gasteiger partial charge is 0.338 e. The van der Waals surface area contributed by atoms with Crippen LogP contribution in [0.2, 0.25) is 0 Å². The summed E-state index contributed by atoms with van der Waals surface area (Å²) >= 11 is 0. The summed E-state index contributed by atoms with van der Waals surface area (Å²) in [5.74, 6) is -0.179. The van der Waals surface area contributed by atoms with Gasteiger partial charge >= 0.3 is 5.69 Å². The zero-order valence-electron chi connectivity index (χ0n) is 13.7. The Balaban J connectivity index is 1.77. The van der Waals surface area contributed by atoms with Crippen molar-refractivity contribution < 1.29 is 13.2 Å². The molecule has 2 heterocycles. The fourth-order valence-electron chi connectivity index (χ4n) is 3.02. The van der Waals surface area contributed by atoms with E-state index in [-0.39, 0.29) is 31.2 Å². The van der Waals surface area contributed by atoms with Gasteiger partial charge in [0.1, 0.15) is 6.54 Å². The number of amides is 1. The van der Waals surface area contributed by atoms with Crippen molar-refractivity contribution in [3.05, 3.63) is 34.7 Å². The summed E-state index contributed by atoms with van der Waals surface area (Å²) < 4.78 is 27.4. The van der Waals surface area contributed by atoms with Gasteiger partial charge in [0.25, 0.3) is 0 Å². The number of hydrogen-bond donors (Lipinski definition) is 0. The van der Waals surface area contributed by atoms with E-state index in [2.05, 4.69) is 0 Å². The minimum absolute atomic E-state index is 0.0426. The molecule has 24 heavy (non-hydrogen) atoms. The van der Waals surface area contributed by atoms with E-state index in [1.54, 1.807) is 11.9 Å². The lowest BCUT2D eigenvalue weighted by Crippen LogP contribution is -2.51. The summed E-state index contributed by atoms with van der Waals surface area (Å²) in [7, 11) is -1.55. The minimum Gasteiger partial charge on any atom is -0.338 e. The van der Waals surface area contributed by atoms with E-state index in [0.717, 1.165) is 5.52 Å². The Morgan fingerprint density at radius 3 is 2.25 bits per heavy atom. The van der Waals surface area contributed by atoms with Gasteiger partial charge in [-0.3, -0.25) is 13.9 Å². The Bertz CT molecular complexity index is 936. The van der Waals surface area contributed by atoms with E-state index in [4.69, 9.17) is 0 Å². The van der Waals surface area contributed by atoms with Crippen molar-refractivity contribution in [1.29, 1.82) is 0 Å². The van der Waals surface area contributed by atoms with Gasteiger partial charge in [-0.1, -0.05) is 12.1 Å². The summed E-state index contributed by atoms with van der Waals surface area (Å²) in [5, 5.41) is 0. The zero-order valence-corrected chi connectivity index (χ0v) is 14.5. The first-order valence-electron chi connectivity index (χ1n) is 7.66. The highest BCUT2D eigenvalue weighted by atomic mass is 32.2. The average Bonchev–Trinajstić information content (AvgIpc) is 2.79. The number of sulfonamides is 1. The molecule has 0 N–H and O–H groups in total. The van der Waals surface area contributed by atoms with E-state index >= 15 is 0 Å². The number of piperazine rings is 1. The molecule has 0 radical (unpaired) electrons. The molecule has 3 rings (SSSR count). The first-order valence-corrected chi connectivity index (χ1v) is 9.51. The molecule has 1 aromatic carbocycles. The number of fused-ring (bicyclic) bond motifs is 1. The number of aryl methyl sites for hydroxylation is 1. The molecular formula is C15H20N4O4S. The fourth-order valence-corrected chi connectivity index (χ4v) is 3.85. The second-order valence-corrected chi connectivity index (χ2v) is 7.94. The van der Waals surface area contributed by atoms with E-state index in [9.17, 15) is 18.0 Å². The second-order valence-electron chi connectivity index (χ2n) is 5.96. The van der Waals surface area contributed by atoms with Crippen LogP contribution in [0.5, 0.6) is 0 Å². The number of carbonyl (C=O) groups is 1. The van der Waals surface area contributed by atoms with Crippen LogP contribution in [-0.4, -0.2) is 65.1 Å². The molecule has 130 valence electrons. The lowest BCUT2D eigenvalue weighted by atomic mass is 10.3. The molecule has 0 bridgehead atoms. The van der Waals surface area contributed by atoms with Crippen molar-refractivity contribution in [2.75, 3.05) is 32.4 Å². The van der Waals surface area contributed by atoms with Crippen LogP contribution >= 0.6 is 0 Å². The van der Waals surface area contributed by atoms with E-state index in [1.165, 1.54) is 19.7 Å². The molecule has 0 saturated carbocycles. The van der Waals surface area contributed by atoms with Crippen LogP contribution in [0, 0.1) is 0 Å². The van der Waals surface area contributed by atoms with Gasteiger partial charge in [0.05, 0.1) is 17.3 Å². The first kappa shape index (κ1) is 16.7. The number of rotatable bonds is 3. The van der Waals surface area contributed by atoms with Gasteiger partial charge in [-0.25, -0.2) is 13.2 Å². The number of carbonyl (C=O) groups excluding carboxylic acids is 1. The topological polar surface area (TPSA) is 84.6 Å². The number of imidazole rings is 1. The quantitative estimate of drug-likeness (QED) is 0.741. The summed E-state index contributed by atoms with van der Waals surface area (Å²) in [6.45, 7) is 1.21. The van der Waals surface area contributed by atoms with Crippen LogP contribution in [-0.2, 0) is 28.4 Å². The van der Waals surface area contributed by atoms with Crippen LogP contribution < -0.4 is 5.69 Å². The Hall–Kier alpha value is -2.13. The van der Waals surface area contributed by atoms with Crippen LogP contribution in [0.25, 0.3) is 11.0 Å². The van der Waals surface area contributed by atoms with Crippen LogP contribution in [0.4, 0.5) is 0 Å². The molecule has 2 aromatic rings. The highest BCUT2D eigenvalue weighted by molar-refractivity contribution is 7.88. The number of aromatic nitrogens is 2. The SMILES string of the molecule is Cn1c(=O)n(CC(=O)N2CCN(S(C)(=O)=O)CC2)c2ccccc21. The Labute approximate surface area is 139 Å². The fraction of sp³-hybridized carbons (Fsp3) is 0.467. The molecule has 1 aromatic heterocycles. The summed E-state index contributed by atoms with van der Waals surface area (Å²) in [4.78, 5) is 26.5. The maximum absolute atomic E-state index is 12.5. The maximum atomic E-state index is 12.5. The predicted molar refractivity (Wildman–Crippen MR) is 90.2 cm³/mol. The van der Waals surface area contributed by atoms with Crippen LogP contribution in [0.15, 0.2) is 29.1 Å². The molecule has 0 atom stereocenters. The van der Waals surface area contributed by atoms with E-state index < -0.39 is 10.0 Å². The van der Waals surface area contributed by atoms with Gasteiger partial charge in [0, 0.05) is 33.2 Å². The Kier molecular flexibility index (Phi) is 4.22. The molecule has 1 fully saturated rings. The lowest BCUT2D eigenvalue weighted by Gasteiger charge is -2.33. The highest BCUT2D eigenvalue weighted by Crippen LogP contribution is 2.12. The summed E-state index contributed by atoms with van der Waals surface area (Å²) in [6, 6.07) is 7.32. The zero-order chi connectivity index (χ0) is 17.5. The molecule has 1 saturated heterocycles. The molecule has 9 heteroatoms. The first-order chi connectivity index (χ1) is 11.3. The molecule has 1 amide bonds. The van der Waals surface area contributed by atoms with E-state index in [1.807, 2.05) is 24.3 Å². The molecule has 0 unspecified atom stereocenters. The lowest BCUT2D eigenvalue weighted by molar-refractivity contribution is -0.133. The maximum Gasteiger partial charge on any atom is 0.329 e. The third-order valence-corrected chi connectivity index (χ3v) is 5.71. The van der Waals surface area contributed by atoms with Gasteiger partial charge < -0.3 is 4.90 Å². The predicted octanol–water partition coefficient (Wildman–Crippen LogP) is -0.556.